The van der Waals surface area contributed by atoms with E-state index >= 15 is 0 Å². The minimum Gasteiger partial charge on any atom is -0.486 e. The maximum Gasteiger partial charge on any atom is 0.266 e. The van der Waals surface area contributed by atoms with Gasteiger partial charge in [0.25, 0.3) is 5.91 Å². The summed E-state index contributed by atoms with van der Waals surface area (Å²) in [5, 5.41) is 15.2. The Hall–Kier alpha value is -3.01. The van der Waals surface area contributed by atoms with Gasteiger partial charge in [-0.25, -0.2) is 0 Å². The van der Waals surface area contributed by atoms with Gasteiger partial charge >= 0.3 is 0 Å². The molecule has 0 atom stereocenters. The number of carbonyl (C=O) groups is 1. The number of carbonyl (C=O) groups excluding carboxylic acids is 1. The lowest BCUT2D eigenvalue weighted by Gasteiger charge is -2.12. The summed E-state index contributed by atoms with van der Waals surface area (Å²) >= 11 is 22.1. The highest BCUT2D eigenvalue weighted by atomic mass is 79.9. The molecule has 4 aromatic rings. The quantitative estimate of drug-likeness (QED) is 0.182. The first-order valence-electron chi connectivity index (χ1n) is 10.3. The number of amides is 1. The molecule has 0 aliphatic rings. The van der Waals surface area contributed by atoms with Crippen molar-refractivity contribution in [3.05, 3.63) is 109 Å². The monoisotopic (exact) mass is 584 g/mol. The molecule has 0 aromatic heterocycles. The summed E-state index contributed by atoms with van der Waals surface area (Å²) in [6, 6.07) is 24.3. The maximum absolute atomic E-state index is 12.6. The molecule has 0 aliphatic heterocycles. The van der Waals surface area contributed by atoms with Gasteiger partial charge in [0.05, 0.1) is 25.2 Å². The normalized spacial score (nSPS) is 11.2. The molecule has 0 radical (unpaired) electrons. The second kappa shape index (κ2) is 11.2. The Morgan fingerprint density at radius 1 is 0.971 bits per heavy atom. The third kappa shape index (κ3) is 5.98. The van der Waals surface area contributed by atoms with Crippen LogP contribution in [0.4, 0.5) is 5.69 Å². The minimum atomic E-state index is -0.624. The lowest BCUT2D eigenvalue weighted by Crippen LogP contribution is -2.13. The van der Waals surface area contributed by atoms with Crippen LogP contribution in [0.2, 0.25) is 15.1 Å². The van der Waals surface area contributed by atoms with Crippen LogP contribution in [0.3, 0.4) is 0 Å². The van der Waals surface area contributed by atoms with E-state index in [9.17, 15) is 10.1 Å². The number of hydrogen-bond donors (Lipinski definition) is 1. The Balaban J connectivity index is 1.51. The van der Waals surface area contributed by atoms with Gasteiger partial charge < -0.3 is 10.1 Å². The van der Waals surface area contributed by atoms with E-state index < -0.39 is 5.91 Å². The standard InChI is InChI=1S/C27H16BrCl3N2O2/c28-21-12-17(11-20(14-32)27(34)33-24-7-3-6-22(29)25(24)31)13-23(30)26(21)35-15-16-8-9-18-4-1-2-5-19(18)10-16/h1-13H,15H2,(H,33,34)/b20-11-. The second-order valence-corrected chi connectivity index (χ2v) is 9.56. The number of halogens is 4. The number of rotatable bonds is 6. The fourth-order valence-electron chi connectivity index (χ4n) is 3.39. The van der Waals surface area contributed by atoms with Crippen molar-refractivity contribution in [3.63, 3.8) is 0 Å². The van der Waals surface area contributed by atoms with Crippen LogP contribution >= 0.6 is 50.7 Å². The third-order valence-electron chi connectivity index (χ3n) is 5.09. The average molecular weight is 587 g/mol. The van der Waals surface area contributed by atoms with Crippen molar-refractivity contribution in [3.8, 4) is 11.8 Å². The Labute approximate surface area is 225 Å². The van der Waals surface area contributed by atoms with Crippen molar-refractivity contribution in [1.82, 2.24) is 0 Å². The highest BCUT2D eigenvalue weighted by Gasteiger charge is 2.15. The SMILES string of the molecule is N#C/C(=C/c1cc(Cl)c(OCc2ccc3ccccc3c2)c(Br)c1)C(=O)Nc1cccc(Cl)c1Cl. The largest absolute Gasteiger partial charge is 0.486 e. The van der Waals surface area contributed by atoms with E-state index in [1.165, 1.54) is 6.08 Å². The molecule has 4 rings (SSSR count). The first-order chi connectivity index (χ1) is 16.9. The molecule has 0 spiro atoms. The Morgan fingerprint density at radius 3 is 2.49 bits per heavy atom. The van der Waals surface area contributed by atoms with Gasteiger partial charge in [0.15, 0.2) is 5.75 Å². The Kier molecular flexibility index (Phi) is 8.00. The number of anilines is 1. The lowest BCUT2D eigenvalue weighted by molar-refractivity contribution is -0.112. The number of benzene rings is 4. The highest BCUT2D eigenvalue weighted by molar-refractivity contribution is 9.10. The van der Waals surface area contributed by atoms with Crippen LogP contribution in [0.5, 0.6) is 5.75 Å². The molecule has 8 heteroatoms. The number of hydrogen-bond acceptors (Lipinski definition) is 3. The average Bonchev–Trinajstić information content (AvgIpc) is 2.84. The molecule has 1 amide bonds. The maximum atomic E-state index is 12.6. The number of nitriles is 1. The molecule has 0 bridgehead atoms. The molecule has 0 heterocycles. The smallest absolute Gasteiger partial charge is 0.266 e. The van der Waals surface area contributed by atoms with Gasteiger partial charge in [0.2, 0.25) is 0 Å². The summed E-state index contributed by atoms with van der Waals surface area (Å²) in [6.45, 7) is 0.324. The summed E-state index contributed by atoms with van der Waals surface area (Å²) in [7, 11) is 0. The molecule has 4 aromatic carbocycles. The lowest BCUT2D eigenvalue weighted by atomic mass is 10.1. The fourth-order valence-corrected chi connectivity index (χ4v) is 4.73. The van der Waals surface area contributed by atoms with E-state index in [0.29, 0.717) is 38.1 Å². The zero-order chi connectivity index (χ0) is 24.9. The Morgan fingerprint density at radius 2 is 1.74 bits per heavy atom. The molecular formula is C27H16BrCl3N2O2. The van der Waals surface area contributed by atoms with Crippen LogP contribution < -0.4 is 10.1 Å². The van der Waals surface area contributed by atoms with Crippen molar-refractivity contribution >= 4 is 79.2 Å². The van der Waals surface area contributed by atoms with Crippen LogP contribution in [0.1, 0.15) is 11.1 Å². The molecule has 174 valence electrons. The van der Waals surface area contributed by atoms with Gasteiger partial charge in [-0.05, 0) is 74.2 Å². The van der Waals surface area contributed by atoms with Crippen LogP contribution in [-0.4, -0.2) is 5.91 Å². The van der Waals surface area contributed by atoms with Crippen molar-refractivity contribution in [2.24, 2.45) is 0 Å². The topological polar surface area (TPSA) is 62.1 Å². The second-order valence-electron chi connectivity index (χ2n) is 7.51. The van der Waals surface area contributed by atoms with E-state index in [2.05, 4.69) is 33.4 Å². The van der Waals surface area contributed by atoms with Gasteiger partial charge in [-0.15, -0.1) is 0 Å². The summed E-state index contributed by atoms with van der Waals surface area (Å²) in [5.41, 5.74) is 1.72. The number of ether oxygens (including phenoxy) is 1. The van der Waals surface area contributed by atoms with Crippen molar-refractivity contribution < 1.29 is 9.53 Å². The van der Waals surface area contributed by atoms with Crippen molar-refractivity contribution in [2.75, 3.05) is 5.32 Å². The van der Waals surface area contributed by atoms with Crippen molar-refractivity contribution in [1.29, 1.82) is 5.26 Å². The van der Waals surface area contributed by atoms with Crippen LogP contribution in [0, 0.1) is 11.3 Å². The van der Waals surface area contributed by atoms with Gasteiger partial charge in [0.1, 0.15) is 18.2 Å². The minimum absolute atomic E-state index is 0.131. The zero-order valence-electron chi connectivity index (χ0n) is 18.0. The molecule has 1 N–H and O–H groups in total. The van der Waals surface area contributed by atoms with Gasteiger partial charge in [-0.2, -0.15) is 5.26 Å². The summed E-state index contributed by atoms with van der Waals surface area (Å²) in [6.07, 6.45) is 1.43. The van der Waals surface area contributed by atoms with Crippen LogP contribution in [-0.2, 0) is 11.4 Å². The summed E-state index contributed by atoms with van der Waals surface area (Å²) in [4.78, 5) is 12.6. The highest BCUT2D eigenvalue weighted by Crippen LogP contribution is 2.36. The van der Waals surface area contributed by atoms with E-state index in [1.54, 1.807) is 30.3 Å². The predicted molar refractivity (Wildman–Crippen MR) is 146 cm³/mol. The molecule has 0 unspecified atom stereocenters. The molecule has 0 saturated carbocycles. The molecule has 0 saturated heterocycles. The van der Waals surface area contributed by atoms with Crippen LogP contribution in [0.25, 0.3) is 16.8 Å². The number of nitrogens with zero attached hydrogens (tertiary/aromatic N) is 1. The van der Waals surface area contributed by atoms with Crippen molar-refractivity contribution in [2.45, 2.75) is 6.61 Å². The molecule has 4 nitrogen and oxygen atoms in total. The van der Waals surface area contributed by atoms with Gasteiger partial charge in [-0.1, -0.05) is 77.3 Å². The van der Waals surface area contributed by atoms with Gasteiger partial charge in [0, 0.05) is 0 Å². The number of fused-ring (bicyclic) bond motifs is 1. The van der Waals surface area contributed by atoms with Gasteiger partial charge in [-0.3, -0.25) is 4.79 Å². The summed E-state index contributed by atoms with van der Waals surface area (Å²) < 4.78 is 6.56. The molecule has 0 aliphatic carbocycles. The molecular weight excluding hydrogens is 571 g/mol. The first kappa shape index (κ1) is 25.1. The summed E-state index contributed by atoms with van der Waals surface area (Å²) in [5.74, 6) is -0.161. The molecule has 0 fully saturated rings. The van der Waals surface area contributed by atoms with E-state index in [-0.39, 0.29) is 10.6 Å². The van der Waals surface area contributed by atoms with E-state index in [1.807, 2.05) is 36.4 Å². The molecule has 35 heavy (non-hydrogen) atoms. The first-order valence-corrected chi connectivity index (χ1v) is 12.2. The van der Waals surface area contributed by atoms with Crippen LogP contribution in [0.15, 0.2) is 82.8 Å². The van der Waals surface area contributed by atoms with E-state index in [4.69, 9.17) is 39.5 Å². The fraction of sp³-hybridized carbons (Fsp3) is 0.0370. The number of nitrogens with one attached hydrogen (secondary N) is 1. The zero-order valence-corrected chi connectivity index (χ0v) is 21.8. The third-order valence-corrected chi connectivity index (χ3v) is 6.78. The Bertz CT molecular complexity index is 1490. The van der Waals surface area contributed by atoms with E-state index in [0.717, 1.165) is 16.3 Å². The predicted octanol–water partition coefficient (Wildman–Crippen LogP) is 8.69.